The molecule has 0 radical (unpaired) electrons. The van der Waals surface area contributed by atoms with E-state index in [0.717, 1.165) is 23.4 Å². The molecule has 0 bridgehead atoms. The highest BCUT2D eigenvalue weighted by Crippen LogP contribution is 2.20. The molecule has 0 saturated heterocycles. The van der Waals surface area contributed by atoms with Crippen molar-refractivity contribution in [2.24, 2.45) is 0 Å². The quantitative estimate of drug-likeness (QED) is 0.922. The molecule has 0 fully saturated rings. The number of halogens is 2. The van der Waals surface area contributed by atoms with Gasteiger partial charge in [0.05, 0.1) is 17.1 Å². The van der Waals surface area contributed by atoms with Gasteiger partial charge in [-0.15, -0.1) is 0 Å². The number of aromatic nitrogens is 1. The van der Waals surface area contributed by atoms with E-state index in [1.807, 2.05) is 19.1 Å². The molecule has 7 heteroatoms. The first-order chi connectivity index (χ1) is 9.91. The number of alkyl halides is 2. The van der Waals surface area contributed by atoms with E-state index < -0.39 is 20.5 Å². The summed E-state index contributed by atoms with van der Waals surface area (Å²) in [5, 5.41) is 3.06. The monoisotopic (exact) mass is 312 g/mol. The molecule has 1 aromatic heterocycles. The first-order valence-corrected chi connectivity index (χ1v) is 7.72. The summed E-state index contributed by atoms with van der Waals surface area (Å²) in [6.45, 7) is 2.40. The number of anilines is 1. The zero-order valence-corrected chi connectivity index (χ0v) is 12.1. The van der Waals surface area contributed by atoms with Crippen LogP contribution in [0.2, 0.25) is 0 Å². The van der Waals surface area contributed by atoms with E-state index in [0.29, 0.717) is 12.2 Å². The van der Waals surface area contributed by atoms with Crippen LogP contribution in [0.4, 0.5) is 14.5 Å². The highest BCUT2D eigenvalue weighted by Gasteiger charge is 2.26. The Morgan fingerprint density at radius 1 is 1.19 bits per heavy atom. The van der Waals surface area contributed by atoms with Crippen LogP contribution >= 0.6 is 0 Å². The summed E-state index contributed by atoms with van der Waals surface area (Å²) in [7, 11) is -4.54. The van der Waals surface area contributed by atoms with Gasteiger partial charge in [-0.2, -0.15) is 8.78 Å². The summed E-state index contributed by atoms with van der Waals surface area (Å²) in [6.07, 6.45) is 1.68. The number of sulfone groups is 1. The van der Waals surface area contributed by atoms with Crippen molar-refractivity contribution in [3.8, 4) is 0 Å². The second-order valence-electron chi connectivity index (χ2n) is 4.45. The number of hydrogen-bond acceptors (Lipinski definition) is 4. The van der Waals surface area contributed by atoms with E-state index in [1.54, 1.807) is 6.20 Å². The molecule has 0 saturated carbocycles. The molecule has 0 aliphatic heterocycles. The summed E-state index contributed by atoms with van der Waals surface area (Å²) in [5.74, 6) is -3.41. The summed E-state index contributed by atoms with van der Waals surface area (Å²) >= 11 is 0. The van der Waals surface area contributed by atoms with Crippen LogP contribution in [-0.2, 0) is 16.4 Å². The van der Waals surface area contributed by atoms with Gasteiger partial charge >= 0.3 is 5.76 Å². The third-order valence-corrected chi connectivity index (χ3v) is 4.39. The maximum atomic E-state index is 12.4. The average Bonchev–Trinajstić information content (AvgIpc) is 2.46. The Bertz CT molecular complexity index is 716. The van der Waals surface area contributed by atoms with Gasteiger partial charge in [0, 0.05) is 11.9 Å². The lowest BCUT2D eigenvalue weighted by atomic mass is 10.2. The molecule has 0 atom stereocenters. The van der Waals surface area contributed by atoms with E-state index in [4.69, 9.17) is 0 Å². The lowest BCUT2D eigenvalue weighted by molar-refractivity contribution is 0.234. The molecule has 4 nitrogen and oxygen atoms in total. The molecule has 1 heterocycles. The Hall–Kier alpha value is -2.02. The van der Waals surface area contributed by atoms with Crippen molar-refractivity contribution in [1.82, 2.24) is 4.98 Å². The second-order valence-corrected chi connectivity index (χ2v) is 6.37. The smallest absolute Gasteiger partial charge is 0.341 e. The largest absolute Gasteiger partial charge is 0.379 e. The Kier molecular flexibility index (Phi) is 4.52. The Morgan fingerprint density at radius 2 is 1.86 bits per heavy atom. The maximum Gasteiger partial charge on any atom is 0.341 e. The van der Waals surface area contributed by atoms with Gasteiger partial charge in [-0.3, -0.25) is 4.98 Å². The maximum absolute atomic E-state index is 12.4. The molecule has 0 unspecified atom stereocenters. The van der Waals surface area contributed by atoms with Gasteiger partial charge < -0.3 is 5.32 Å². The van der Waals surface area contributed by atoms with Crippen molar-refractivity contribution in [3.05, 3.63) is 53.9 Å². The molecule has 2 rings (SSSR count). The number of nitrogens with one attached hydrogen (secondary N) is 1. The number of aryl methyl sites for hydroxylation is 1. The minimum absolute atomic E-state index is 0.392. The average molecular weight is 312 g/mol. The molecule has 112 valence electrons. The topological polar surface area (TPSA) is 59.1 Å². The Balaban J connectivity index is 2.09. The predicted octanol–water partition coefficient (Wildman–Crippen LogP) is 3.00. The lowest BCUT2D eigenvalue weighted by Gasteiger charge is -2.09. The van der Waals surface area contributed by atoms with Gasteiger partial charge in [0.2, 0.25) is 9.84 Å². The second kappa shape index (κ2) is 6.17. The van der Waals surface area contributed by atoms with Crippen molar-refractivity contribution in [1.29, 1.82) is 0 Å². The first kappa shape index (κ1) is 15.4. The van der Waals surface area contributed by atoms with Gasteiger partial charge in [-0.1, -0.05) is 6.07 Å². The van der Waals surface area contributed by atoms with E-state index in [2.05, 4.69) is 10.3 Å². The van der Waals surface area contributed by atoms with Crippen LogP contribution in [0, 0.1) is 6.92 Å². The molecule has 0 amide bonds. The zero-order valence-electron chi connectivity index (χ0n) is 11.3. The SMILES string of the molecule is Cc1cccnc1CNc1ccc(S(=O)(=O)C(F)F)cc1. The van der Waals surface area contributed by atoms with Crippen molar-refractivity contribution < 1.29 is 17.2 Å². The summed E-state index contributed by atoms with van der Waals surface area (Å²) < 4.78 is 47.4. The number of nitrogens with zero attached hydrogens (tertiary/aromatic N) is 1. The Labute approximate surface area is 121 Å². The summed E-state index contributed by atoms with van der Waals surface area (Å²) in [4.78, 5) is 3.82. The van der Waals surface area contributed by atoms with Crippen LogP contribution in [0.15, 0.2) is 47.5 Å². The number of hydrogen-bond donors (Lipinski definition) is 1. The third kappa shape index (κ3) is 3.55. The fourth-order valence-electron chi connectivity index (χ4n) is 1.75. The van der Waals surface area contributed by atoms with Crippen molar-refractivity contribution in [3.63, 3.8) is 0 Å². The molecule has 1 N–H and O–H groups in total. The van der Waals surface area contributed by atoms with Crippen molar-refractivity contribution in [2.45, 2.75) is 24.1 Å². The fraction of sp³-hybridized carbons (Fsp3) is 0.214. The molecule has 2 aromatic rings. The zero-order chi connectivity index (χ0) is 15.5. The standard InChI is InChI=1S/C14H14F2N2O2S/c1-10-3-2-8-17-13(10)9-18-11-4-6-12(7-5-11)21(19,20)14(15)16/h2-8,14,18H,9H2,1H3. The molecule has 21 heavy (non-hydrogen) atoms. The van der Waals surface area contributed by atoms with E-state index in [-0.39, 0.29) is 0 Å². The molecular weight excluding hydrogens is 298 g/mol. The third-order valence-electron chi connectivity index (χ3n) is 3.00. The normalized spacial score (nSPS) is 11.6. The summed E-state index contributed by atoms with van der Waals surface area (Å²) in [5.41, 5.74) is 2.52. The van der Waals surface area contributed by atoms with E-state index in [9.17, 15) is 17.2 Å². The van der Waals surface area contributed by atoms with Crippen LogP contribution in [0.5, 0.6) is 0 Å². The van der Waals surface area contributed by atoms with Crippen molar-refractivity contribution >= 4 is 15.5 Å². The molecular formula is C14H14F2N2O2S. The van der Waals surface area contributed by atoms with Crippen molar-refractivity contribution in [2.75, 3.05) is 5.32 Å². The van der Waals surface area contributed by atoms with Gasteiger partial charge in [0.15, 0.2) is 0 Å². The molecule has 0 aliphatic rings. The first-order valence-electron chi connectivity index (χ1n) is 6.18. The van der Waals surface area contributed by atoms with Gasteiger partial charge in [0.25, 0.3) is 0 Å². The summed E-state index contributed by atoms with van der Waals surface area (Å²) in [6, 6.07) is 9.00. The van der Waals surface area contributed by atoms with Gasteiger partial charge in [-0.25, -0.2) is 8.42 Å². The number of pyridine rings is 1. The van der Waals surface area contributed by atoms with Gasteiger partial charge in [0.1, 0.15) is 0 Å². The Morgan fingerprint density at radius 3 is 2.43 bits per heavy atom. The van der Waals surface area contributed by atoms with Crippen LogP contribution in [0.3, 0.4) is 0 Å². The van der Waals surface area contributed by atoms with E-state index >= 15 is 0 Å². The van der Waals surface area contributed by atoms with Crippen LogP contribution in [0.25, 0.3) is 0 Å². The van der Waals surface area contributed by atoms with Crippen LogP contribution in [0.1, 0.15) is 11.3 Å². The predicted molar refractivity (Wildman–Crippen MR) is 75.9 cm³/mol. The molecule has 0 aliphatic carbocycles. The minimum atomic E-state index is -4.54. The number of benzene rings is 1. The molecule has 1 aromatic carbocycles. The number of rotatable bonds is 5. The highest BCUT2D eigenvalue weighted by molar-refractivity contribution is 7.91. The highest BCUT2D eigenvalue weighted by atomic mass is 32.2. The van der Waals surface area contributed by atoms with E-state index in [1.165, 1.54) is 12.1 Å². The minimum Gasteiger partial charge on any atom is -0.379 e. The molecule has 0 spiro atoms. The lowest BCUT2D eigenvalue weighted by Crippen LogP contribution is -2.11. The van der Waals surface area contributed by atoms with Crippen LogP contribution in [-0.4, -0.2) is 19.2 Å². The fourth-order valence-corrected chi connectivity index (χ4v) is 2.48. The van der Waals surface area contributed by atoms with Crippen LogP contribution < -0.4 is 5.32 Å². The van der Waals surface area contributed by atoms with Gasteiger partial charge in [-0.05, 0) is 42.8 Å².